The molecule has 0 spiro atoms. The van der Waals surface area contributed by atoms with E-state index in [4.69, 9.17) is 0 Å². The van der Waals surface area contributed by atoms with Crippen molar-refractivity contribution in [1.82, 2.24) is 29.8 Å². The standard InChI is InChI=1S/C18H19N7O/c26-17(12-24-9-7-20-13-24)22-15-4-8-25(11-15)18-21-6-3-16(23-18)14-2-1-5-19-10-14/h1-3,5-7,9-10,13,15H,4,8,11-12H2,(H,22,26). The Bertz CT molecular complexity index is 866. The molecular weight excluding hydrogens is 330 g/mol. The highest BCUT2D eigenvalue weighted by atomic mass is 16.2. The van der Waals surface area contributed by atoms with Crippen molar-refractivity contribution in [1.29, 1.82) is 0 Å². The summed E-state index contributed by atoms with van der Waals surface area (Å²) in [5.41, 5.74) is 1.80. The molecule has 3 aromatic rings. The number of aromatic nitrogens is 5. The monoisotopic (exact) mass is 349 g/mol. The molecule has 0 saturated carbocycles. The van der Waals surface area contributed by atoms with Gasteiger partial charge in [-0.2, -0.15) is 0 Å². The Morgan fingerprint density at radius 2 is 2.19 bits per heavy atom. The van der Waals surface area contributed by atoms with Crippen molar-refractivity contribution in [2.75, 3.05) is 18.0 Å². The second kappa shape index (κ2) is 7.30. The fourth-order valence-corrected chi connectivity index (χ4v) is 3.05. The van der Waals surface area contributed by atoms with E-state index in [-0.39, 0.29) is 18.5 Å². The van der Waals surface area contributed by atoms with Crippen molar-refractivity contribution >= 4 is 11.9 Å². The normalized spacial score (nSPS) is 16.6. The molecule has 132 valence electrons. The zero-order chi connectivity index (χ0) is 17.8. The van der Waals surface area contributed by atoms with Crippen LogP contribution >= 0.6 is 0 Å². The summed E-state index contributed by atoms with van der Waals surface area (Å²) in [6.07, 6.45) is 11.2. The summed E-state index contributed by atoms with van der Waals surface area (Å²) in [4.78, 5) is 31.4. The summed E-state index contributed by atoms with van der Waals surface area (Å²) in [7, 11) is 0. The highest BCUT2D eigenvalue weighted by Crippen LogP contribution is 2.20. The Kier molecular flexibility index (Phi) is 4.55. The molecule has 1 amide bonds. The minimum absolute atomic E-state index is 0.0140. The molecule has 8 nitrogen and oxygen atoms in total. The van der Waals surface area contributed by atoms with Crippen molar-refractivity contribution in [2.24, 2.45) is 0 Å². The van der Waals surface area contributed by atoms with E-state index in [1.54, 1.807) is 41.9 Å². The van der Waals surface area contributed by atoms with Gasteiger partial charge in [0.15, 0.2) is 0 Å². The zero-order valence-electron chi connectivity index (χ0n) is 14.2. The topological polar surface area (TPSA) is 88.8 Å². The molecular formula is C18H19N7O. The lowest BCUT2D eigenvalue weighted by molar-refractivity contribution is -0.122. The first kappa shape index (κ1) is 16.2. The van der Waals surface area contributed by atoms with Gasteiger partial charge in [-0.3, -0.25) is 9.78 Å². The summed E-state index contributed by atoms with van der Waals surface area (Å²) in [5.74, 6) is 0.664. The van der Waals surface area contributed by atoms with E-state index in [2.05, 4.69) is 30.2 Å². The average molecular weight is 349 g/mol. The minimum Gasteiger partial charge on any atom is -0.350 e. The highest BCUT2D eigenvalue weighted by Gasteiger charge is 2.25. The van der Waals surface area contributed by atoms with Gasteiger partial charge < -0.3 is 14.8 Å². The molecule has 26 heavy (non-hydrogen) atoms. The molecule has 1 aliphatic rings. The molecule has 1 unspecified atom stereocenters. The van der Waals surface area contributed by atoms with Crippen molar-refractivity contribution in [3.05, 3.63) is 55.5 Å². The molecule has 0 radical (unpaired) electrons. The molecule has 0 aliphatic carbocycles. The summed E-state index contributed by atoms with van der Waals surface area (Å²) < 4.78 is 1.75. The van der Waals surface area contributed by atoms with Crippen molar-refractivity contribution in [2.45, 2.75) is 19.0 Å². The van der Waals surface area contributed by atoms with E-state index in [9.17, 15) is 4.79 Å². The van der Waals surface area contributed by atoms with Gasteiger partial charge in [0.05, 0.1) is 12.0 Å². The molecule has 1 fully saturated rings. The molecule has 1 aliphatic heterocycles. The van der Waals surface area contributed by atoms with E-state index in [0.717, 1.165) is 24.2 Å². The van der Waals surface area contributed by atoms with Gasteiger partial charge in [-0.25, -0.2) is 15.0 Å². The Labute approximate surface area is 150 Å². The molecule has 3 aromatic heterocycles. The van der Waals surface area contributed by atoms with Crippen LogP contribution in [0.25, 0.3) is 11.3 Å². The maximum Gasteiger partial charge on any atom is 0.240 e. The van der Waals surface area contributed by atoms with Crippen LogP contribution in [-0.4, -0.2) is 49.5 Å². The molecule has 0 aromatic carbocycles. The predicted molar refractivity (Wildman–Crippen MR) is 96.3 cm³/mol. The summed E-state index contributed by atoms with van der Waals surface area (Å²) in [6.45, 7) is 1.79. The summed E-state index contributed by atoms with van der Waals surface area (Å²) in [6, 6.07) is 5.83. The molecule has 0 bridgehead atoms. The summed E-state index contributed by atoms with van der Waals surface area (Å²) in [5, 5.41) is 3.07. The van der Waals surface area contributed by atoms with Gasteiger partial charge in [-0.05, 0) is 24.6 Å². The first-order valence-corrected chi connectivity index (χ1v) is 8.51. The molecule has 1 atom stereocenters. The van der Waals surface area contributed by atoms with E-state index in [1.165, 1.54) is 0 Å². The number of pyridine rings is 1. The van der Waals surface area contributed by atoms with Crippen LogP contribution in [0.1, 0.15) is 6.42 Å². The van der Waals surface area contributed by atoms with Crippen LogP contribution in [0.15, 0.2) is 55.5 Å². The van der Waals surface area contributed by atoms with Gasteiger partial charge >= 0.3 is 0 Å². The summed E-state index contributed by atoms with van der Waals surface area (Å²) >= 11 is 0. The SMILES string of the molecule is O=C(Cn1ccnc1)NC1CCN(c2nccc(-c3cccnc3)n2)C1. The quantitative estimate of drug-likeness (QED) is 0.743. The third kappa shape index (κ3) is 3.69. The number of anilines is 1. The molecule has 8 heteroatoms. The van der Waals surface area contributed by atoms with Gasteiger partial charge in [0.25, 0.3) is 0 Å². The van der Waals surface area contributed by atoms with Crippen LogP contribution in [0.4, 0.5) is 5.95 Å². The fourth-order valence-electron chi connectivity index (χ4n) is 3.05. The van der Waals surface area contributed by atoms with Crippen LogP contribution < -0.4 is 10.2 Å². The van der Waals surface area contributed by atoms with Crippen LogP contribution in [0.5, 0.6) is 0 Å². The maximum absolute atomic E-state index is 12.1. The molecule has 1 saturated heterocycles. The number of rotatable bonds is 5. The van der Waals surface area contributed by atoms with Crippen LogP contribution in [-0.2, 0) is 11.3 Å². The maximum atomic E-state index is 12.1. The molecule has 4 heterocycles. The number of hydrogen-bond donors (Lipinski definition) is 1. The Hall–Kier alpha value is -3.29. The number of amides is 1. The van der Waals surface area contributed by atoms with Crippen molar-refractivity contribution in [3.8, 4) is 11.3 Å². The number of carbonyl (C=O) groups excluding carboxylic acids is 1. The van der Waals surface area contributed by atoms with Crippen LogP contribution in [0, 0.1) is 0 Å². The number of hydrogen-bond acceptors (Lipinski definition) is 6. The lowest BCUT2D eigenvalue weighted by Gasteiger charge is -2.17. The minimum atomic E-state index is -0.0140. The zero-order valence-corrected chi connectivity index (χ0v) is 14.2. The average Bonchev–Trinajstić information content (AvgIpc) is 3.35. The van der Waals surface area contributed by atoms with Crippen molar-refractivity contribution < 1.29 is 4.79 Å². The largest absolute Gasteiger partial charge is 0.350 e. The number of carbonyl (C=O) groups is 1. The van der Waals surface area contributed by atoms with Gasteiger partial charge in [0.2, 0.25) is 11.9 Å². The van der Waals surface area contributed by atoms with Crippen LogP contribution in [0.3, 0.4) is 0 Å². The third-order valence-corrected chi connectivity index (χ3v) is 4.32. The highest BCUT2D eigenvalue weighted by molar-refractivity contribution is 5.76. The number of nitrogens with one attached hydrogen (secondary N) is 1. The lowest BCUT2D eigenvalue weighted by atomic mass is 10.2. The Morgan fingerprint density at radius 1 is 1.23 bits per heavy atom. The van der Waals surface area contributed by atoms with Crippen molar-refractivity contribution in [3.63, 3.8) is 0 Å². The van der Waals surface area contributed by atoms with Gasteiger partial charge in [0.1, 0.15) is 6.54 Å². The lowest BCUT2D eigenvalue weighted by Crippen LogP contribution is -2.39. The smallest absolute Gasteiger partial charge is 0.240 e. The fraction of sp³-hybridized carbons (Fsp3) is 0.278. The van der Waals surface area contributed by atoms with Gasteiger partial charge in [-0.15, -0.1) is 0 Å². The van der Waals surface area contributed by atoms with E-state index in [0.29, 0.717) is 12.5 Å². The molecule has 4 rings (SSSR count). The number of nitrogens with zero attached hydrogens (tertiary/aromatic N) is 6. The van der Waals surface area contributed by atoms with Gasteiger partial charge in [0, 0.05) is 55.7 Å². The van der Waals surface area contributed by atoms with Gasteiger partial charge in [-0.1, -0.05) is 0 Å². The Balaban J connectivity index is 1.38. The number of imidazole rings is 1. The first-order chi connectivity index (χ1) is 12.8. The molecule has 1 N–H and O–H groups in total. The van der Waals surface area contributed by atoms with E-state index >= 15 is 0 Å². The van der Waals surface area contributed by atoms with E-state index in [1.807, 2.05) is 18.2 Å². The second-order valence-electron chi connectivity index (χ2n) is 6.22. The third-order valence-electron chi connectivity index (χ3n) is 4.32. The van der Waals surface area contributed by atoms with Crippen LogP contribution in [0.2, 0.25) is 0 Å². The second-order valence-corrected chi connectivity index (χ2v) is 6.22. The Morgan fingerprint density at radius 3 is 3.00 bits per heavy atom. The first-order valence-electron chi connectivity index (χ1n) is 8.51. The predicted octanol–water partition coefficient (Wildman–Crippen LogP) is 1.13. The van der Waals surface area contributed by atoms with E-state index < -0.39 is 0 Å².